The molecule has 0 unspecified atom stereocenters. The van der Waals surface area contributed by atoms with Gasteiger partial charge >= 0.3 is 0 Å². The molecule has 0 fully saturated rings. The number of aromatic nitrogens is 4. The zero-order valence-electron chi connectivity index (χ0n) is 30.4. The molecule has 262 valence electrons. The average Bonchev–Trinajstić information content (AvgIpc) is 3.29. The molecule has 0 aliphatic carbocycles. The van der Waals surface area contributed by atoms with Crippen LogP contribution in [0.4, 0.5) is 0 Å². The first-order valence-corrected chi connectivity index (χ1v) is 18.8. The number of rotatable bonds is 7. The summed E-state index contributed by atoms with van der Waals surface area (Å²) in [6.07, 6.45) is 0. The van der Waals surface area contributed by atoms with Crippen LogP contribution in [0.15, 0.2) is 206 Å². The second-order valence-corrected chi connectivity index (χ2v) is 13.8. The standard InChI is InChI=1S/C52H34N4/c1-5-14-35(15-6-1)36-24-28-41(29-25-36)51-54-50(40-20-11-4-12-21-40)55-52(56-51)42-30-26-37(27-31-42)43-32-33-45-47(34-43)53-49(39-18-9-3-10-19-39)46-23-13-22-44(48(45)46)38-16-7-2-8-17-38/h1-34H. The molecule has 56 heavy (non-hydrogen) atoms. The molecular weight excluding hydrogens is 681 g/mol. The monoisotopic (exact) mass is 714 g/mol. The molecule has 4 nitrogen and oxygen atoms in total. The van der Waals surface area contributed by atoms with E-state index in [4.69, 9.17) is 19.9 Å². The van der Waals surface area contributed by atoms with E-state index in [2.05, 4.69) is 164 Å². The summed E-state index contributed by atoms with van der Waals surface area (Å²) in [7, 11) is 0. The first kappa shape index (κ1) is 33.0. The third-order valence-electron chi connectivity index (χ3n) is 10.3. The van der Waals surface area contributed by atoms with Gasteiger partial charge in [-0.3, -0.25) is 0 Å². The lowest BCUT2D eigenvalue weighted by Crippen LogP contribution is -2.00. The number of nitrogens with zero attached hydrogens (tertiary/aromatic N) is 4. The lowest BCUT2D eigenvalue weighted by molar-refractivity contribution is 1.07. The van der Waals surface area contributed by atoms with Gasteiger partial charge in [-0.1, -0.05) is 200 Å². The van der Waals surface area contributed by atoms with Crippen LogP contribution in [0.3, 0.4) is 0 Å². The van der Waals surface area contributed by atoms with Crippen molar-refractivity contribution in [2.24, 2.45) is 0 Å². The fourth-order valence-electron chi connectivity index (χ4n) is 7.51. The van der Waals surface area contributed by atoms with Crippen LogP contribution >= 0.6 is 0 Å². The molecule has 10 aromatic rings. The Morgan fingerprint density at radius 2 is 0.661 bits per heavy atom. The van der Waals surface area contributed by atoms with Gasteiger partial charge in [0.2, 0.25) is 0 Å². The SMILES string of the molecule is c1ccc(-c2ccc(-c3nc(-c4ccccc4)nc(-c4ccc(-c5ccc6c(c5)nc(-c5ccccc5)c5cccc(-c7ccccc7)c56)cc4)n3)cc2)cc1. The van der Waals surface area contributed by atoms with Crippen molar-refractivity contribution in [2.45, 2.75) is 0 Å². The molecule has 0 amide bonds. The van der Waals surface area contributed by atoms with Crippen molar-refractivity contribution in [1.29, 1.82) is 0 Å². The van der Waals surface area contributed by atoms with Gasteiger partial charge in [0.15, 0.2) is 17.5 Å². The summed E-state index contributed by atoms with van der Waals surface area (Å²) in [5.74, 6) is 1.90. The van der Waals surface area contributed by atoms with E-state index < -0.39 is 0 Å². The molecule has 2 aromatic heterocycles. The van der Waals surface area contributed by atoms with E-state index in [1.807, 2.05) is 42.5 Å². The molecule has 0 aliphatic rings. The van der Waals surface area contributed by atoms with Gasteiger partial charge in [0.25, 0.3) is 0 Å². The molecule has 0 atom stereocenters. The second kappa shape index (κ2) is 14.3. The van der Waals surface area contributed by atoms with Crippen molar-refractivity contribution in [3.8, 4) is 78.8 Å². The van der Waals surface area contributed by atoms with E-state index >= 15 is 0 Å². The Morgan fingerprint density at radius 3 is 1.21 bits per heavy atom. The summed E-state index contributed by atoms with van der Waals surface area (Å²) in [5.41, 5.74) is 12.7. The van der Waals surface area contributed by atoms with Gasteiger partial charge in [-0.2, -0.15) is 0 Å². The molecule has 0 radical (unpaired) electrons. The van der Waals surface area contributed by atoms with E-state index in [9.17, 15) is 0 Å². The predicted molar refractivity (Wildman–Crippen MR) is 231 cm³/mol. The minimum atomic E-state index is 0.625. The van der Waals surface area contributed by atoms with E-state index in [0.717, 1.165) is 60.9 Å². The highest BCUT2D eigenvalue weighted by Crippen LogP contribution is 2.40. The maximum Gasteiger partial charge on any atom is 0.164 e. The zero-order chi connectivity index (χ0) is 37.3. The lowest BCUT2D eigenvalue weighted by Gasteiger charge is -2.15. The van der Waals surface area contributed by atoms with Crippen molar-refractivity contribution in [3.63, 3.8) is 0 Å². The molecule has 0 N–H and O–H groups in total. The number of hydrogen-bond acceptors (Lipinski definition) is 4. The lowest BCUT2D eigenvalue weighted by atomic mass is 9.92. The molecule has 8 aromatic carbocycles. The highest BCUT2D eigenvalue weighted by atomic mass is 15.0. The van der Waals surface area contributed by atoms with Crippen molar-refractivity contribution < 1.29 is 0 Å². The Bertz CT molecular complexity index is 2970. The summed E-state index contributed by atoms with van der Waals surface area (Å²) >= 11 is 0. The Kier molecular flexibility index (Phi) is 8.47. The summed E-state index contributed by atoms with van der Waals surface area (Å²) < 4.78 is 0. The van der Waals surface area contributed by atoms with Crippen LogP contribution in [0.25, 0.3) is 100 Å². The number of pyridine rings is 1. The molecule has 4 heteroatoms. The average molecular weight is 715 g/mol. The van der Waals surface area contributed by atoms with E-state index in [1.54, 1.807) is 0 Å². The zero-order valence-corrected chi connectivity index (χ0v) is 30.4. The fraction of sp³-hybridized carbons (Fsp3) is 0. The second-order valence-electron chi connectivity index (χ2n) is 13.8. The maximum atomic E-state index is 5.33. The summed E-state index contributed by atoms with van der Waals surface area (Å²) in [6, 6.07) is 71.7. The van der Waals surface area contributed by atoms with Crippen LogP contribution in [0.1, 0.15) is 0 Å². The van der Waals surface area contributed by atoms with Crippen molar-refractivity contribution in [2.75, 3.05) is 0 Å². The number of benzene rings is 8. The van der Waals surface area contributed by atoms with Gasteiger partial charge in [0.05, 0.1) is 11.2 Å². The Balaban J connectivity index is 1.05. The van der Waals surface area contributed by atoms with Crippen LogP contribution in [0.5, 0.6) is 0 Å². The van der Waals surface area contributed by atoms with Crippen LogP contribution in [-0.2, 0) is 0 Å². The highest BCUT2D eigenvalue weighted by molar-refractivity contribution is 6.17. The minimum absolute atomic E-state index is 0.625. The summed E-state index contributed by atoms with van der Waals surface area (Å²) in [5, 5.41) is 3.47. The Morgan fingerprint density at radius 1 is 0.250 bits per heavy atom. The molecule has 0 aliphatic heterocycles. The smallest absolute Gasteiger partial charge is 0.164 e. The molecule has 0 saturated heterocycles. The maximum absolute atomic E-state index is 5.33. The van der Waals surface area contributed by atoms with Gasteiger partial charge in [-0.25, -0.2) is 19.9 Å². The first-order chi connectivity index (χ1) is 27.7. The van der Waals surface area contributed by atoms with Crippen LogP contribution < -0.4 is 0 Å². The first-order valence-electron chi connectivity index (χ1n) is 18.8. The van der Waals surface area contributed by atoms with Crippen molar-refractivity contribution >= 4 is 21.7 Å². The van der Waals surface area contributed by atoms with E-state index in [0.29, 0.717) is 17.5 Å². The molecule has 0 spiro atoms. The van der Waals surface area contributed by atoms with Gasteiger partial charge in [0.1, 0.15) is 0 Å². The normalized spacial score (nSPS) is 11.2. The minimum Gasteiger partial charge on any atom is -0.247 e. The highest BCUT2D eigenvalue weighted by Gasteiger charge is 2.16. The number of hydrogen-bond donors (Lipinski definition) is 0. The number of fused-ring (bicyclic) bond motifs is 3. The third kappa shape index (κ3) is 6.29. The van der Waals surface area contributed by atoms with Gasteiger partial charge in [-0.15, -0.1) is 0 Å². The predicted octanol–water partition coefficient (Wildman–Crippen LogP) is 13.2. The molecule has 0 bridgehead atoms. The van der Waals surface area contributed by atoms with Gasteiger partial charge in [-0.05, 0) is 39.4 Å². The molecule has 0 saturated carbocycles. The van der Waals surface area contributed by atoms with Gasteiger partial charge < -0.3 is 0 Å². The topological polar surface area (TPSA) is 51.6 Å². The largest absolute Gasteiger partial charge is 0.247 e. The molecular formula is C52H34N4. The van der Waals surface area contributed by atoms with Gasteiger partial charge in [0, 0.05) is 38.4 Å². The molecule has 10 rings (SSSR count). The third-order valence-corrected chi connectivity index (χ3v) is 10.3. The Labute approximate surface area is 325 Å². The quantitative estimate of drug-likeness (QED) is 0.154. The summed E-state index contributed by atoms with van der Waals surface area (Å²) in [6.45, 7) is 0. The van der Waals surface area contributed by atoms with E-state index in [1.165, 1.54) is 22.1 Å². The van der Waals surface area contributed by atoms with Crippen molar-refractivity contribution in [1.82, 2.24) is 19.9 Å². The van der Waals surface area contributed by atoms with Crippen molar-refractivity contribution in [3.05, 3.63) is 206 Å². The van der Waals surface area contributed by atoms with Crippen LogP contribution in [0, 0.1) is 0 Å². The fourth-order valence-corrected chi connectivity index (χ4v) is 7.51. The van der Waals surface area contributed by atoms with Crippen LogP contribution in [-0.4, -0.2) is 19.9 Å². The summed E-state index contributed by atoms with van der Waals surface area (Å²) in [4.78, 5) is 20.3. The van der Waals surface area contributed by atoms with E-state index in [-0.39, 0.29) is 0 Å². The van der Waals surface area contributed by atoms with Crippen LogP contribution in [0.2, 0.25) is 0 Å². The molecule has 2 heterocycles. The Hall–Kier alpha value is -7.56.